The predicted molar refractivity (Wildman–Crippen MR) is 184 cm³/mol. The van der Waals surface area contributed by atoms with Crippen LogP contribution in [0.25, 0.3) is 22.5 Å². The molecule has 18 heteroatoms. The van der Waals surface area contributed by atoms with Gasteiger partial charge in [-0.05, 0) is 29.8 Å². The number of benzene rings is 3. The van der Waals surface area contributed by atoms with Crippen LogP contribution in [-0.2, 0) is 11.3 Å². The molecule has 5 aromatic rings. The number of carbonyl (C=O) groups is 2. The van der Waals surface area contributed by atoms with Crippen molar-refractivity contribution in [3.8, 4) is 34.0 Å². The predicted octanol–water partition coefficient (Wildman–Crippen LogP) is 8.90. The molecule has 5 rings (SSSR count). The van der Waals surface area contributed by atoms with Crippen LogP contribution in [0.2, 0.25) is 20.1 Å². The smallest absolute Gasteiger partial charge is 0.358 e. The highest BCUT2D eigenvalue weighted by Gasteiger charge is 2.27. The van der Waals surface area contributed by atoms with Gasteiger partial charge in [0.2, 0.25) is 0 Å². The number of hydrogen-bond acceptors (Lipinski definition) is 9. The molecule has 0 atom stereocenters. The van der Waals surface area contributed by atoms with E-state index in [1.54, 1.807) is 24.3 Å². The van der Waals surface area contributed by atoms with Gasteiger partial charge in [0.25, 0.3) is 0 Å². The number of aromatic nitrogens is 2. The first-order valence-electron chi connectivity index (χ1n) is 13.9. The van der Waals surface area contributed by atoms with Gasteiger partial charge in [-0.3, -0.25) is 0 Å². The number of pyridine rings is 2. The fourth-order valence-corrected chi connectivity index (χ4v) is 5.21. The van der Waals surface area contributed by atoms with Crippen LogP contribution in [0.5, 0.6) is 11.5 Å². The normalized spacial score (nSPS) is 10.6. The summed E-state index contributed by atoms with van der Waals surface area (Å²) in [7, 11) is 2.39. The number of nitrogens with zero attached hydrogens (tertiary/aromatic N) is 2. The number of nitrogens with two attached hydrogens (primary N) is 2. The molecule has 0 aliphatic carbocycles. The van der Waals surface area contributed by atoms with Crippen LogP contribution in [0.1, 0.15) is 26.5 Å². The number of methoxy groups -OCH3 is 2. The number of halogens is 8. The number of anilines is 2. The molecule has 0 aliphatic rings. The largest absolute Gasteiger partial charge is 0.492 e. The molecular weight excluding hydrogens is 766 g/mol. The number of rotatable bonds is 8. The lowest BCUT2D eigenvalue weighted by atomic mass is 10.1. The van der Waals surface area contributed by atoms with Gasteiger partial charge >= 0.3 is 11.9 Å². The molecule has 0 bridgehead atoms. The number of carboxylic acid groups (broad SMARTS) is 1. The molecule has 2 aromatic heterocycles. The van der Waals surface area contributed by atoms with Gasteiger partial charge in [0.05, 0.1) is 45.7 Å². The molecule has 3 aromatic carbocycles. The van der Waals surface area contributed by atoms with Gasteiger partial charge in [-0.2, -0.15) is 0 Å². The minimum atomic E-state index is -1.53. The summed E-state index contributed by atoms with van der Waals surface area (Å²) in [5.74, 6) is -7.28. The number of esters is 1. The van der Waals surface area contributed by atoms with E-state index in [0.717, 1.165) is 11.6 Å². The average Bonchev–Trinajstić information content (AvgIpc) is 3.11. The van der Waals surface area contributed by atoms with Gasteiger partial charge in [0.15, 0.2) is 46.2 Å². The summed E-state index contributed by atoms with van der Waals surface area (Å²) in [5.41, 5.74) is 7.71. The molecule has 0 saturated carbocycles. The molecule has 51 heavy (non-hydrogen) atoms. The van der Waals surface area contributed by atoms with E-state index in [0.29, 0.717) is 0 Å². The Morgan fingerprint density at radius 2 is 1.12 bits per heavy atom. The quantitative estimate of drug-likeness (QED) is 0.102. The van der Waals surface area contributed by atoms with Gasteiger partial charge < -0.3 is 30.8 Å². The lowest BCUT2D eigenvalue weighted by Crippen LogP contribution is -2.12. The molecule has 0 amide bonds. The Hall–Kier alpha value is -5.02. The molecular formula is C33H22Cl4F4N4O6. The van der Waals surface area contributed by atoms with Crippen LogP contribution in [0.4, 0.5) is 28.9 Å². The second-order valence-corrected chi connectivity index (χ2v) is 11.5. The van der Waals surface area contributed by atoms with E-state index in [2.05, 4.69) is 9.97 Å². The van der Waals surface area contributed by atoms with Crippen LogP contribution in [0.15, 0.2) is 54.6 Å². The third-order valence-electron chi connectivity index (χ3n) is 6.85. The maximum Gasteiger partial charge on any atom is 0.358 e. The van der Waals surface area contributed by atoms with Crippen LogP contribution in [0, 0.1) is 23.3 Å². The van der Waals surface area contributed by atoms with Crippen molar-refractivity contribution in [1.82, 2.24) is 9.97 Å². The summed E-state index contributed by atoms with van der Waals surface area (Å²) in [5, 5.41) is 7.96. The van der Waals surface area contributed by atoms with Crippen molar-refractivity contribution in [3.63, 3.8) is 0 Å². The molecule has 0 spiro atoms. The number of ether oxygens (including phenoxy) is 3. The van der Waals surface area contributed by atoms with Gasteiger partial charge in [-0.15, -0.1) is 0 Å². The van der Waals surface area contributed by atoms with E-state index in [1.807, 2.05) is 6.07 Å². The first kappa shape index (κ1) is 38.8. The summed E-state index contributed by atoms with van der Waals surface area (Å²) in [6.07, 6.45) is 0. The maximum atomic E-state index is 14.7. The molecule has 0 fully saturated rings. The highest BCUT2D eigenvalue weighted by Crippen LogP contribution is 2.40. The van der Waals surface area contributed by atoms with Crippen molar-refractivity contribution in [3.05, 3.63) is 115 Å². The fraction of sp³-hybridized carbons (Fsp3) is 0.0909. The lowest BCUT2D eigenvalue weighted by Gasteiger charge is -2.13. The molecule has 0 aliphatic heterocycles. The molecule has 2 heterocycles. The molecule has 0 saturated heterocycles. The fourth-order valence-electron chi connectivity index (χ4n) is 4.35. The van der Waals surface area contributed by atoms with E-state index in [4.69, 9.17) is 77.2 Å². The lowest BCUT2D eigenvalue weighted by molar-refractivity contribution is 0.0465. The zero-order valence-electron chi connectivity index (χ0n) is 26.0. The molecule has 0 unspecified atom stereocenters. The van der Waals surface area contributed by atoms with Gasteiger partial charge in [-0.25, -0.2) is 37.1 Å². The summed E-state index contributed by atoms with van der Waals surface area (Å²) >= 11 is 23.2. The Morgan fingerprint density at radius 3 is 1.55 bits per heavy atom. The van der Waals surface area contributed by atoms with E-state index < -0.39 is 79.4 Å². The first-order valence-corrected chi connectivity index (χ1v) is 15.4. The van der Waals surface area contributed by atoms with Crippen molar-refractivity contribution in [1.29, 1.82) is 0 Å². The molecule has 0 radical (unpaired) electrons. The zero-order valence-corrected chi connectivity index (χ0v) is 29.0. The van der Waals surface area contributed by atoms with Crippen LogP contribution in [-0.4, -0.2) is 41.2 Å². The molecule has 5 N–H and O–H groups in total. The van der Waals surface area contributed by atoms with Crippen molar-refractivity contribution in [2.45, 2.75) is 6.61 Å². The van der Waals surface area contributed by atoms with Crippen molar-refractivity contribution in [2.75, 3.05) is 25.7 Å². The standard InChI is InChI=1S/C20H14Cl2F2N2O3.C13H8Cl2F2N2O3/c1-28-19-12(21)8-7-11(14(19)23)17-15(24)16(25)13(22)18(26-17)20(27)29-9-10-5-3-2-4-6-10;1-22-12-5(14)3-2-4(7(12)16)10-8(17)9(18)6(15)11(19-10)13(20)21/h2-8H,9H2,1H3,(H2,25,26);2-3H,1H3,(H2,18,19)(H,20,21). The van der Waals surface area contributed by atoms with E-state index >= 15 is 0 Å². The Kier molecular flexibility index (Phi) is 12.4. The van der Waals surface area contributed by atoms with E-state index in [-0.39, 0.29) is 39.3 Å². The van der Waals surface area contributed by atoms with Gasteiger partial charge in [0.1, 0.15) is 18.0 Å². The molecule has 10 nitrogen and oxygen atoms in total. The number of carboxylic acids is 1. The minimum Gasteiger partial charge on any atom is -0.492 e. The van der Waals surface area contributed by atoms with Gasteiger partial charge in [-0.1, -0.05) is 76.7 Å². The van der Waals surface area contributed by atoms with E-state index in [9.17, 15) is 27.2 Å². The second-order valence-electron chi connectivity index (χ2n) is 9.95. The Morgan fingerprint density at radius 1 is 0.686 bits per heavy atom. The summed E-state index contributed by atoms with van der Waals surface area (Å²) in [6.45, 7) is -0.0621. The van der Waals surface area contributed by atoms with E-state index in [1.165, 1.54) is 32.4 Å². The van der Waals surface area contributed by atoms with Crippen molar-refractivity contribution in [2.24, 2.45) is 0 Å². The third kappa shape index (κ3) is 7.99. The monoisotopic (exact) mass is 786 g/mol. The Labute approximate surface area is 306 Å². The first-order chi connectivity index (χ1) is 24.1. The minimum absolute atomic E-state index is 0.0152. The van der Waals surface area contributed by atoms with Crippen molar-refractivity contribution < 1.29 is 46.5 Å². The number of carbonyl (C=O) groups excluding carboxylic acids is 1. The third-order valence-corrected chi connectivity index (χ3v) is 8.21. The van der Waals surface area contributed by atoms with Crippen LogP contribution in [0.3, 0.4) is 0 Å². The summed E-state index contributed by atoms with van der Waals surface area (Å²) in [6, 6.07) is 13.7. The average molecular weight is 788 g/mol. The molecule has 266 valence electrons. The van der Waals surface area contributed by atoms with Crippen LogP contribution >= 0.6 is 46.4 Å². The highest BCUT2D eigenvalue weighted by atomic mass is 35.5. The van der Waals surface area contributed by atoms with Gasteiger partial charge in [0, 0.05) is 11.1 Å². The highest BCUT2D eigenvalue weighted by molar-refractivity contribution is 6.36. The maximum absolute atomic E-state index is 14.7. The SMILES string of the molecule is COc1c(Cl)ccc(-c2nc(C(=O)O)c(Cl)c(N)c2F)c1F.COc1c(Cl)ccc(-c2nc(C(=O)OCc3ccccc3)c(Cl)c(N)c2F)c1F. The Bertz CT molecular complexity index is 2160. The van der Waals surface area contributed by atoms with Crippen LogP contribution < -0.4 is 20.9 Å². The number of nitrogen functional groups attached to an aromatic ring is 2. The number of hydrogen-bond donors (Lipinski definition) is 3. The Balaban J connectivity index is 0.000000238. The second kappa shape index (κ2) is 16.3. The number of aromatic carboxylic acids is 1. The summed E-state index contributed by atoms with van der Waals surface area (Å²) < 4.78 is 72.8. The zero-order chi connectivity index (χ0) is 37.7. The topological polar surface area (TPSA) is 160 Å². The van der Waals surface area contributed by atoms with Crippen molar-refractivity contribution >= 4 is 69.7 Å². The summed E-state index contributed by atoms with van der Waals surface area (Å²) in [4.78, 5) is 31.0.